The van der Waals surface area contributed by atoms with Crippen molar-refractivity contribution in [1.29, 1.82) is 0 Å². The second kappa shape index (κ2) is 10.5. The van der Waals surface area contributed by atoms with Crippen LogP contribution in [0.5, 0.6) is 0 Å². The highest BCUT2D eigenvalue weighted by Crippen LogP contribution is 2.27. The minimum absolute atomic E-state index is 0.00305. The van der Waals surface area contributed by atoms with Gasteiger partial charge in [0.1, 0.15) is 10.8 Å². The number of nitro groups is 1. The van der Waals surface area contributed by atoms with E-state index in [-0.39, 0.29) is 40.8 Å². The van der Waals surface area contributed by atoms with Crippen molar-refractivity contribution in [3.63, 3.8) is 0 Å². The Morgan fingerprint density at radius 3 is 2.53 bits per heavy atom. The van der Waals surface area contributed by atoms with E-state index < -0.39 is 4.92 Å². The van der Waals surface area contributed by atoms with E-state index in [9.17, 15) is 19.7 Å². The maximum Gasteiger partial charge on any atom is 0.289 e. The first-order valence-electron chi connectivity index (χ1n) is 10.8. The van der Waals surface area contributed by atoms with Gasteiger partial charge < -0.3 is 15.1 Å². The molecule has 3 aromatic rings. The van der Waals surface area contributed by atoms with E-state index in [1.165, 1.54) is 18.2 Å². The predicted molar refractivity (Wildman–Crippen MR) is 126 cm³/mol. The third-order valence-corrected chi connectivity index (χ3v) is 5.61. The molecular formula is C24H23ClN4O5. The zero-order chi connectivity index (χ0) is 24.1. The van der Waals surface area contributed by atoms with Gasteiger partial charge >= 0.3 is 0 Å². The van der Waals surface area contributed by atoms with Crippen LogP contribution in [-0.4, -0.2) is 34.2 Å². The first-order chi connectivity index (χ1) is 16.4. The lowest BCUT2D eigenvalue weighted by molar-refractivity contribution is -0.384. The largest absolute Gasteiger partial charge is 0.468 e. The van der Waals surface area contributed by atoms with Crippen molar-refractivity contribution in [3.05, 3.63) is 92.9 Å². The molecule has 2 aromatic carbocycles. The van der Waals surface area contributed by atoms with Gasteiger partial charge in [0, 0.05) is 29.9 Å². The lowest BCUT2D eigenvalue weighted by Crippen LogP contribution is -2.32. The Morgan fingerprint density at radius 1 is 1.12 bits per heavy atom. The number of benzene rings is 2. The van der Waals surface area contributed by atoms with Crippen LogP contribution in [0.25, 0.3) is 0 Å². The summed E-state index contributed by atoms with van der Waals surface area (Å²) in [5.41, 5.74) is 1.52. The maximum atomic E-state index is 12.7. The summed E-state index contributed by atoms with van der Waals surface area (Å²) < 4.78 is 5.43. The molecule has 0 radical (unpaired) electrons. The van der Waals surface area contributed by atoms with E-state index in [0.717, 1.165) is 18.4 Å². The number of amides is 2. The summed E-state index contributed by atoms with van der Waals surface area (Å²) in [5.74, 6) is 0.261. The van der Waals surface area contributed by atoms with Gasteiger partial charge in [-0.25, -0.2) is 0 Å². The maximum absolute atomic E-state index is 12.7. The zero-order valence-corrected chi connectivity index (χ0v) is 19.0. The number of hydrogen-bond donors (Lipinski definition) is 2. The molecule has 1 aromatic heterocycles. The van der Waals surface area contributed by atoms with E-state index >= 15 is 0 Å². The smallest absolute Gasteiger partial charge is 0.289 e. The van der Waals surface area contributed by atoms with E-state index in [1.807, 2.05) is 23.1 Å². The molecule has 2 N–H and O–H groups in total. The molecule has 1 fully saturated rings. The third-order valence-electron chi connectivity index (χ3n) is 5.29. The number of carbonyl (C=O) groups is 2. The van der Waals surface area contributed by atoms with Crippen molar-refractivity contribution in [3.8, 4) is 0 Å². The number of anilines is 1. The molecule has 1 aliphatic carbocycles. The van der Waals surface area contributed by atoms with Crippen LogP contribution in [0.1, 0.15) is 34.5 Å². The zero-order valence-electron chi connectivity index (χ0n) is 18.2. The van der Waals surface area contributed by atoms with Crippen LogP contribution in [0.2, 0.25) is 5.02 Å². The van der Waals surface area contributed by atoms with Gasteiger partial charge in [0.25, 0.3) is 11.6 Å². The Bertz CT molecular complexity index is 1180. The molecule has 9 nitrogen and oxygen atoms in total. The van der Waals surface area contributed by atoms with Crippen LogP contribution in [0.3, 0.4) is 0 Å². The van der Waals surface area contributed by atoms with Gasteiger partial charge in [-0.1, -0.05) is 23.7 Å². The second-order valence-electron chi connectivity index (χ2n) is 8.14. The van der Waals surface area contributed by atoms with E-state index in [1.54, 1.807) is 24.5 Å². The van der Waals surface area contributed by atoms with Crippen LogP contribution in [0.4, 0.5) is 11.4 Å². The first kappa shape index (κ1) is 23.5. The highest BCUT2D eigenvalue weighted by atomic mass is 35.5. The van der Waals surface area contributed by atoms with Gasteiger partial charge in [-0.05, 0) is 54.8 Å². The Labute approximate surface area is 200 Å². The lowest BCUT2D eigenvalue weighted by atomic mass is 10.1. The molecular weight excluding hydrogens is 460 g/mol. The quantitative estimate of drug-likeness (QED) is 0.327. The number of nitro benzene ring substituents is 1. The van der Waals surface area contributed by atoms with Crippen LogP contribution < -0.4 is 10.6 Å². The summed E-state index contributed by atoms with van der Waals surface area (Å²) in [6.07, 6.45) is 3.61. The topological polar surface area (TPSA) is 118 Å². The van der Waals surface area contributed by atoms with Crippen molar-refractivity contribution in [1.82, 2.24) is 10.2 Å². The minimum Gasteiger partial charge on any atom is -0.468 e. The summed E-state index contributed by atoms with van der Waals surface area (Å²) in [7, 11) is 0. The van der Waals surface area contributed by atoms with Gasteiger partial charge in [0.15, 0.2) is 0 Å². The van der Waals surface area contributed by atoms with Crippen LogP contribution in [0.15, 0.2) is 65.3 Å². The molecule has 2 amide bonds. The Kier molecular flexibility index (Phi) is 7.24. The Balaban J connectivity index is 1.42. The second-order valence-corrected chi connectivity index (χ2v) is 8.55. The van der Waals surface area contributed by atoms with E-state index in [4.69, 9.17) is 16.0 Å². The molecule has 0 bridgehead atoms. The van der Waals surface area contributed by atoms with Crippen molar-refractivity contribution in [2.45, 2.75) is 32.0 Å². The van der Waals surface area contributed by atoms with Gasteiger partial charge in [-0.15, -0.1) is 0 Å². The minimum atomic E-state index is -0.601. The van der Waals surface area contributed by atoms with Crippen LogP contribution in [-0.2, 0) is 17.9 Å². The van der Waals surface area contributed by atoms with Gasteiger partial charge in [0.2, 0.25) is 5.91 Å². The van der Waals surface area contributed by atoms with Gasteiger partial charge in [-0.2, -0.15) is 0 Å². The highest BCUT2D eigenvalue weighted by Gasteiger charge is 2.23. The van der Waals surface area contributed by atoms with Crippen molar-refractivity contribution < 1.29 is 18.9 Å². The number of hydrogen-bond acceptors (Lipinski definition) is 6. The fraction of sp³-hybridized carbons (Fsp3) is 0.250. The standard InChI is InChI=1S/C24H23ClN4O5/c25-21-10-9-19(12-22(21)29(32)33)26-23(30)15-28(14-20-2-1-11-34-20)13-16-3-5-17(6-4-16)24(31)27-18-7-8-18/h1-6,9-12,18H,7-8,13-15H2,(H,26,30)(H,27,31). The normalized spacial score (nSPS) is 13.0. The molecule has 0 aliphatic heterocycles. The third kappa shape index (κ3) is 6.43. The summed E-state index contributed by atoms with van der Waals surface area (Å²) in [5, 5.41) is 16.7. The average Bonchev–Trinajstić information content (AvgIpc) is 3.47. The molecule has 1 heterocycles. The number of halogens is 1. The number of nitrogens with zero attached hydrogens (tertiary/aromatic N) is 2. The van der Waals surface area contributed by atoms with Gasteiger partial charge in [-0.3, -0.25) is 24.6 Å². The van der Waals surface area contributed by atoms with E-state index in [0.29, 0.717) is 24.4 Å². The Morgan fingerprint density at radius 2 is 1.88 bits per heavy atom. The summed E-state index contributed by atoms with van der Waals surface area (Å²) in [6.45, 7) is 0.825. The van der Waals surface area contributed by atoms with Gasteiger partial charge in [0.05, 0.1) is 24.3 Å². The molecule has 34 heavy (non-hydrogen) atoms. The first-order valence-corrected chi connectivity index (χ1v) is 11.1. The molecule has 0 spiro atoms. The van der Waals surface area contributed by atoms with Crippen LogP contribution in [0, 0.1) is 10.1 Å². The van der Waals surface area contributed by atoms with Crippen molar-refractivity contribution >= 4 is 34.8 Å². The SMILES string of the molecule is O=C(CN(Cc1ccc(C(=O)NC2CC2)cc1)Cc1ccco1)Nc1ccc(Cl)c([N+](=O)[O-])c1. The lowest BCUT2D eigenvalue weighted by Gasteiger charge is -2.21. The van der Waals surface area contributed by atoms with Crippen molar-refractivity contribution in [2.24, 2.45) is 0 Å². The van der Waals surface area contributed by atoms with E-state index in [2.05, 4.69) is 10.6 Å². The average molecular weight is 483 g/mol. The molecule has 0 unspecified atom stereocenters. The Hall–Kier alpha value is -3.69. The molecule has 1 aliphatic rings. The number of rotatable bonds is 10. The monoisotopic (exact) mass is 482 g/mol. The van der Waals surface area contributed by atoms with Crippen LogP contribution >= 0.6 is 11.6 Å². The number of nitrogens with one attached hydrogen (secondary N) is 2. The molecule has 4 rings (SSSR count). The summed E-state index contributed by atoms with van der Waals surface area (Å²) >= 11 is 5.84. The fourth-order valence-electron chi connectivity index (χ4n) is 3.44. The molecule has 1 saturated carbocycles. The number of carbonyl (C=O) groups excluding carboxylic acids is 2. The number of furan rings is 1. The molecule has 176 valence electrons. The predicted octanol–water partition coefficient (Wildman–Crippen LogP) is 4.37. The summed E-state index contributed by atoms with van der Waals surface area (Å²) in [6, 6.07) is 15.2. The summed E-state index contributed by atoms with van der Waals surface area (Å²) in [4.78, 5) is 37.3. The van der Waals surface area contributed by atoms with Crippen molar-refractivity contribution in [2.75, 3.05) is 11.9 Å². The molecule has 0 saturated heterocycles. The molecule has 10 heteroatoms. The fourth-order valence-corrected chi connectivity index (χ4v) is 3.63. The molecule has 0 atom stereocenters. The highest BCUT2D eigenvalue weighted by molar-refractivity contribution is 6.32.